The summed E-state index contributed by atoms with van der Waals surface area (Å²) in [4.78, 5) is 27.9. The summed E-state index contributed by atoms with van der Waals surface area (Å²) in [5.41, 5.74) is 3.77. The molecular weight excluding hydrogens is 356 g/mol. The average molecular weight is 381 g/mol. The highest BCUT2D eigenvalue weighted by Crippen LogP contribution is 2.37. The van der Waals surface area contributed by atoms with Crippen molar-refractivity contribution in [2.45, 2.75) is 33.7 Å². The number of benzene rings is 1. The Bertz CT molecular complexity index is 993. The van der Waals surface area contributed by atoms with Crippen LogP contribution in [0.2, 0.25) is 0 Å². The number of thiophene rings is 1. The summed E-state index contributed by atoms with van der Waals surface area (Å²) in [6.07, 6.45) is 2.63. The van der Waals surface area contributed by atoms with Gasteiger partial charge < -0.3 is 9.80 Å². The van der Waals surface area contributed by atoms with Gasteiger partial charge in [-0.3, -0.25) is 4.79 Å². The van der Waals surface area contributed by atoms with Crippen molar-refractivity contribution in [3.63, 3.8) is 0 Å². The molecule has 0 saturated carbocycles. The molecule has 3 aromatic rings. The Morgan fingerprint density at radius 3 is 2.67 bits per heavy atom. The molecule has 1 aliphatic heterocycles. The van der Waals surface area contributed by atoms with Crippen molar-refractivity contribution >= 4 is 33.3 Å². The summed E-state index contributed by atoms with van der Waals surface area (Å²) in [7, 11) is 0. The molecule has 27 heavy (non-hydrogen) atoms. The number of rotatable bonds is 4. The summed E-state index contributed by atoms with van der Waals surface area (Å²) >= 11 is 1.49. The lowest BCUT2D eigenvalue weighted by atomic mass is 9.99. The predicted molar refractivity (Wildman–Crippen MR) is 111 cm³/mol. The van der Waals surface area contributed by atoms with E-state index in [-0.39, 0.29) is 5.91 Å². The van der Waals surface area contributed by atoms with Crippen LogP contribution in [-0.2, 0) is 13.0 Å². The monoisotopic (exact) mass is 380 g/mol. The zero-order valence-corrected chi connectivity index (χ0v) is 16.8. The molecule has 0 fully saturated rings. The van der Waals surface area contributed by atoms with Crippen molar-refractivity contribution in [2.24, 2.45) is 0 Å². The van der Waals surface area contributed by atoms with Crippen LogP contribution in [0, 0.1) is 6.92 Å². The van der Waals surface area contributed by atoms with E-state index in [1.54, 1.807) is 6.33 Å². The summed E-state index contributed by atoms with van der Waals surface area (Å²) in [6, 6.07) is 8.59. The summed E-state index contributed by atoms with van der Waals surface area (Å²) in [5, 5.41) is 1.03. The Hall–Kier alpha value is -2.47. The Morgan fingerprint density at radius 1 is 1.19 bits per heavy atom. The number of fused-ring (bicyclic) bond motifs is 2. The Balaban J connectivity index is 1.76. The topological polar surface area (TPSA) is 49.3 Å². The third-order valence-electron chi connectivity index (χ3n) is 5.38. The SMILES string of the molecule is CCN(CC)C(=O)c1sc2ncnc(N3CCc4ccccc4C3)c2c1C. The maximum absolute atomic E-state index is 12.9. The smallest absolute Gasteiger partial charge is 0.264 e. The van der Waals surface area contributed by atoms with E-state index in [2.05, 4.69) is 39.1 Å². The first-order chi connectivity index (χ1) is 13.1. The quantitative estimate of drug-likeness (QED) is 0.685. The van der Waals surface area contributed by atoms with Crippen molar-refractivity contribution in [1.82, 2.24) is 14.9 Å². The maximum Gasteiger partial charge on any atom is 0.264 e. The van der Waals surface area contributed by atoms with E-state index >= 15 is 0 Å². The van der Waals surface area contributed by atoms with Crippen LogP contribution in [0.3, 0.4) is 0 Å². The van der Waals surface area contributed by atoms with Crippen LogP contribution in [0.1, 0.15) is 40.2 Å². The zero-order valence-electron chi connectivity index (χ0n) is 16.0. The fraction of sp³-hybridized carbons (Fsp3) is 0.381. The Labute approximate surface area is 163 Å². The standard InChI is InChI=1S/C21H24N4OS/c1-4-24(5-2)21(26)18-14(3)17-19(22-13-23-20(17)27-18)25-11-10-15-8-6-7-9-16(15)12-25/h6-9,13H,4-5,10-12H2,1-3H3. The number of hydrogen-bond donors (Lipinski definition) is 0. The molecule has 0 N–H and O–H groups in total. The number of carbonyl (C=O) groups is 1. The van der Waals surface area contributed by atoms with Gasteiger partial charge >= 0.3 is 0 Å². The van der Waals surface area contributed by atoms with Gasteiger partial charge in [-0.15, -0.1) is 11.3 Å². The average Bonchev–Trinajstić information content (AvgIpc) is 3.05. The number of nitrogens with zero attached hydrogens (tertiary/aromatic N) is 4. The molecule has 1 aromatic carbocycles. The highest BCUT2D eigenvalue weighted by Gasteiger charge is 2.25. The van der Waals surface area contributed by atoms with E-state index in [0.717, 1.165) is 46.0 Å². The second-order valence-electron chi connectivity index (χ2n) is 6.85. The second-order valence-corrected chi connectivity index (χ2v) is 7.85. The number of hydrogen-bond acceptors (Lipinski definition) is 5. The first-order valence-electron chi connectivity index (χ1n) is 9.49. The van der Waals surface area contributed by atoms with E-state index in [9.17, 15) is 4.79 Å². The molecule has 2 aromatic heterocycles. The zero-order chi connectivity index (χ0) is 19.0. The minimum absolute atomic E-state index is 0.0930. The predicted octanol–water partition coefficient (Wildman–Crippen LogP) is 4.04. The normalized spacial score (nSPS) is 13.7. The van der Waals surface area contributed by atoms with Gasteiger partial charge in [0.05, 0.1) is 10.3 Å². The molecule has 1 amide bonds. The molecule has 140 valence electrons. The van der Waals surface area contributed by atoms with Crippen molar-refractivity contribution in [3.05, 3.63) is 52.2 Å². The second kappa shape index (κ2) is 7.27. The summed E-state index contributed by atoms with van der Waals surface area (Å²) in [5.74, 6) is 1.04. The fourth-order valence-electron chi connectivity index (χ4n) is 3.83. The molecule has 0 spiro atoms. The first-order valence-corrected chi connectivity index (χ1v) is 10.3. The molecule has 3 heterocycles. The van der Waals surface area contributed by atoms with Gasteiger partial charge in [0.15, 0.2) is 0 Å². The van der Waals surface area contributed by atoms with Gasteiger partial charge in [-0.05, 0) is 43.9 Å². The lowest BCUT2D eigenvalue weighted by Crippen LogP contribution is -2.31. The number of anilines is 1. The van der Waals surface area contributed by atoms with Gasteiger partial charge in [-0.1, -0.05) is 24.3 Å². The van der Waals surface area contributed by atoms with E-state index in [1.165, 1.54) is 22.5 Å². The van der Waals surface area contributed by atoms with Crippen molar-refractivity contribution in [1.29, 1.82) is 0 Å². The molecule has 0 aliphatic carbocycles. The molecule has 0 bridgehead atoms. The minimum Gasteiger partial charge on any atom is -0.351 e. The molecule has 6 heteroatoms. The largest absolute Gasteiger partial charge is 0.351 e. The van der Waals surface area contributed by atoms with Gasteiger partial charge in [-0.25, -0.2) is 9.97 Å². The number of amides is 1. The van der Waals surface area contributed by atoms with Gasteiger partial charge in [0.1, 0.15) is 17.0 Å². The van der Waals surface area contributed by atoms with E-state index in [4.69, 9.17) is 0 Å². The molecule has 1 aliphatic rings. The third kappa shape index (κ3) is 3.08. The van der Waals surface area contributed by atoms with E-state index in [1.807, 2.05) is 25.7 Å². The van der Waals surface area contributed by atoms with Crippen LogP contribution in [0.5, 0.6) is 0 Å². The Kier molecular flexibility index (Phi) is 4.83. The third-order valence-corrected chi connectivity index (χ3v) is 6.57. The highest BCUT2D eigenvalue weighted by molar-refractivity contribution is 7.20. The number of aryl methyl sites for hydroxylation is 1. The van der Waals surface area contributed by atoms with Crippen molar-refractivity contribution in [3.8, 4) is 0 Å². The van der Waals surface area contributed by atoms with E-state index in [0.29, 0.717) is 13.1 Å². The molecular formula is C21H24N4OS. The van der Waals surface area contributed by atoms with Crippen molar-refractivity contribution in [2.75, 3.05) is 24.5 Å². The minimum atomic E-state index is 0.0930. The molecule has 0 atom stereocenters. The van der Waals surface area contributed by atoms with Gasteiger partial charge in [0.25, 0.3) is 5.91 Å². The lowest BCUT2D eigenvalue weighted by Gasteiger charge is -2.30. The van der Waals surface area contributed by atoms with Gasteiger partial charge in [0.2, 0.25) is 0 Å². The van der Waals surface area contributed by atoms with Gasteiger partial charge in [0, 0.05) is 26.2 Å². The maximum atomic E-state index is 12.9. The van der Waals surface area contributed by atoms with Crippen LogP contribution in [0.4, 0.5) is 5.82 Å². The van der Waals surface area contributed by atoms with Crippen LogP contribution in [0.25, 0.3) is 10.2 Å². The molecule has 0 saturated heterocycles. The van der Waals surface area contributed by atoms with Gasteiger partial charge in [-0.2, -0.15) is 0 Å². The van der Waals surface area contributed by atoms with Crippen LogP contribution < -0.4 is 4.90 Å². The highest BCUT2D eigenvalue weighted by atomic mass is 32.1. The van der Waals surface area contributed by atoms with Crippen LogP contribution in [-0.4, -0.2) is 40.4 Å². The summed E-state index contributed by atoms with van der Waals surface area (Å²) in [6.45, 7) is 9.25. The van der Waals surface area contributed by atoms with Crippen LogP contribution >= 0.6 is 11.3 Å². The fourth-order valence-corrected chi connectivity index (χ4v) is 4.94. The number of carbonyl (C=O) groups excluding carboxylic acids is 1. The molecule has 4 rings (SSSR count). The van der Waals surface area contributed by atoms with Crippen LogP contribution in [0.15, 0.2) is 30.6 Å². The van der Waals surface area contributed by atoms with Crippen molar-refractivity contribution < 1.29 is 4.79 Å². The number of aromatic nitrogens is 2. The molecule has 0 unspecified atom stereocenters. The molecule has 0 radical (unpaired) electrons. The summed E-state index contributed by atoms with van der Waals surface area (Å²) < 4.78 is 0. The first kappa shape index (κ1) is 17.9. The van der Waals surface area contributed by atoms with E-state index < -0.39 is 0 Å². The lowest BCUT2D eigenvalue weighted by molar-refractivity contribution is 0.0777. The molecule has 5 nitrogen and oxygen atoms in total. The Morgan fingerprint density at radius 2 is 1.93 bits per heavy atom.